The summed E-state index contributed by atoms with van der Waals surface area (Å²) in [6.07, 6.45) is 2.97. The molecule has 2 aromatic carbocycles. The summed E-state index contributed by atoms with van der Waals surface area (Å²) in [6, 6.07) is 15.9. The highest BCUT2D eigenvalue weighted by molar-refractivity contribution is 6.05. The third-order valence-electron chi connectivity index (χ3n) is 4.87. The van der Waals surface area contributed by atoms with Crippen molar-refractivity contribution in [3.8, 4) is 11.8 Å². The molecule has 0 spiro atoms. The molecule has 27 heavy (non-hydrogen) atoms. The molecule has 0 radical (unpaired) electrons. The number of anilines is 2. The van der Waals surface area contributed by atoms with Crippen LogP contribution in [0.5, 0.6) is 5.75 Å². The van der Waals surface area contributed by atoms with Gasteiger partial charge in [-0.2, -0.15) is 5.26 Å². The van der Waals surface area contributed by atoms with Gasteiger partial charge in [0.2, 0.25) is 5.91 Å². The summed E-state index contributed by atoms with van der Waals surface area (Å²) in [4.78, 5) is 24.9. The Morgan fingerprint density at radius 2 is 1.70 bits per heavy atom. The molecule has 2 amide bonds. The topological polar surface area (TPSA) is 91.2 Å². The lowest BCUT2D eigenvalue weighted by molar-refractivity contribution is -0.122. The molecule has 2 N–H and O–H groups in total. The van der Waals surface area contributed by atoms with Gasteiger partial charge in [0.25, 0.3) is 5.91 Å². The average molecular weight is 363 g/mol. The Balaban J connectivity index is 1.67. The molecule has 0 unspecified atom stereocenters. The van der Waals surface area contributed by atoms with Gasteiger partial charge in [-0.3, -0.25) is 9.59 Å². The van der Waals surface area contributed by atoms with Crippen LogP contribution >= 0.6 is 0 Å². The van der Waals surface area contributed by atoms with E-state index >= 15 is 0 Å². The zero-order chi connectivity index (χ0) is 19.3. The Hall–Kier alpha value is -3.33. The molecule has 0 aromatic heterocycles. The molecule has 138 valence electrons. The van der Waals surface area contributed by atoms with E-state index in [0.717, 1.165) is 12.8 Å². The van der Waals surface area contributed by atoms with Gasteiger partial charge in [0, 0.05) is 11.3 Å². The van der Waals surface area contributed by atoms with Gasteiger partial charge in [-0.05, 0) is 49.2 Å². The molecule has 0 heterocycles. The molecule has 0 bridgehead atoms. The van der Waals surface area contributed by atoms with Gasteiger partial charge >= 0.3 is 0 Å². The number of amides is 2. The second-order valence-electron chi connectivity index (χ2n) is 6.59. The Kier molecular flexibility index (Phi) is 5.41. The van der Waals surface area contributed by atoms with Crippen LogP contribution in [0.15, 0.2) is 48.5 Å². The maximum absolute atomic E-state index is 12.5. The van der Waals surface area contributed by atoms with E-state index < -0.39 is 5.41 Å². The Labute approximate surface area is 158 Å². The summed E-state index contributed by atoms with van der Waals surface area (Å²) in [5.74, 6) is 0.0310. The van der Waals surface area contributed by atoms with E-state index in [4.69, 9.17) is 4.74 Å². The highest BCUT2D eigenvalue weighted by Gasteiger charge is 2.41. The number of para-hydroxylation sites is 2. The highest BCUT2D eigenvalue weighted by atomic mass is 16.5. The number of carbonyl (C=O) groups is 2. The highest BCUT2D eigenvalue weighted by Crippen LogP contribution is 2.38. The van der Waals surface area contributed by atoms with Crippen LogP contribution in [-0.2, 0) is 4.79 Å². The van der Waals surface area contributed by atoms with Crippen molar-refractivity contribution in [1.29, 1.82) is 5.26 Å². The summed E-state index contributed by atoms with van der Waals surface area (Å²) >= 11 is 0. The first-order chi connectivity index (χ1) is 13.1. The summed E-state index contributed by atoms with van der Waals surface area (Å²) < 4.78 is 5.23. The van der Waals surface area contributed by atoms with Crippen molar-refractivity contribution in [2.24, 2.45) is 5.41 Å². The van der Waals surface area contributed by atoms with Crippen molar-refractivity contribution >= 4 is 23.2 Å². The van der Waals surface area contributed by atoms with E-state index in [1.54, 1.807) is 43.5 Å². The van der Waals surface area contributed by atoms with Crippen molar-refractivity contribution in [3.63, 3.8) is 0 Å². The van der Waals surface area contributed by atoms with Crippen LogP contribution in [0, 0.1) is 16.7 Å². The number of nitrogens with zero attached hydrogens (tertiary/aromatic N) is 1. The molecular weight excluding hydrogens is 342 g/mol. The SMILES string of the molecule is COc1ccccc1NC(=O)c1ccc(NC(=O)C2(C#N)CCCC2)cc1. The number of carbonyl (C=O) groups excluding carboxylic acids is 2. The molecule has 6 heteroatoms. The minimum atomic E-state index is -0.931. The smallest absolute Gasteiger partial charge is 0.255 e. The predicted octanol–water partition coefficient (Wildman–Crippen LogP) is 3.97. The number of methoxy groups -OCH3 is 1. The minimum absolute atomic E-state index is 0.270. The van der Waals surface area contributed by atoms with E-state index in [9.17, 15) is 14.9 Å². The van der Waals surface area contributed by atoms with Gasteiger partial charge in [-0.25, -0.2) is 0 Å². The standard InChI is InChI=1S/C21H21N3O3/c1-27-18-7-3-2-6-17(18)24-19(25)15-8-10-16(11-9-15)23-20(26)21(14-22)12-4-5-13-21/h2-3,6-11H,4-5,12-13H2,1H3,(H,23,26)(H,24,25). The van der Waals surface area contributed by atoms with Gasteiger partial charge in [0.1, 0.15) is 11.2 Å². The van der Waals surface area contributed by atoms with Gasteiger partial charge < -0.3 is 15.4 Å². The van der Waals surface area contributed by atoms with Gasteiger partial charge in [0.15, 0.2) is 0 Å². The third kappa shape index (κ3) is 3.93. The van der Waals surface area contributed by atoms with Crippen molar-refractivity contribution in [2.45, 2.75) is 25.7 Å². The van der Waals surface area contributed by atoms with Crippen LogP contribution in [0.1, 0.15) is 36.0 Å². The van der Waals surface area contributed by atoms with Gasteiger partial charge in [-0.1, -0.05) is 25.0 Å². The maximum Gasteiger partial charge on any atom is 0.255 e. The molecule has 6 nitrogen and oxygen atoms in total. The second-order valence-corrected chi connectivity index (χ2v) is 6.59. The van der Waals surface area contributed by atoms with Crippen molar-refractivity contribution in [3.05, 3.63) is 54.1 Å². The van der Waals surface area contributed by atoms with Gasteiger partial charge in [-0.15, -0.1) is 0 Å². The normalized spacial score (nSPS) is 14.8. The first kappa shape index (κ1) is 18.5. The second kappa shape index (κ2) is 7.92. The maximum atomic E-state index is 12.5. The molecule has 0 aliphatic heterocycles. The van der Waals surface area contributed by atoms with Crippen LogP contribution in [-0.4, -0.2) is 18.9 Å². The predicted molar refractivity (Wildman–Crippen MR) is 103 cm³/mol. The summed E-state index contributed by atoms with van der Waals surface area (Å²) in [7, 11) is 1.54. The van der Waals surface area contributed by atoms with E-state index in [-0.39, 0.29) is 11.8 Å². The van der Waals surface area contributed by atoms with Gasteiger partial charge in [0.05, 0.1) is 18.9 Å². The third-order valence-corrected chi connectivity index (χ3v) is 4.87. The molecule has 1 saturated carbocycles. The molecule has 1 fully saturated rings. The summed E-state index contributed by atoms with van der Waals surface area (Å²) in [6.45, 7) is 0. The molecule has 1 aliphatic rings. The van der Waals surface area contributed by atoms with E-state index in [2.05, 4.69) is 16.7 Å². The molecule has 2 aromatic rings. The number of benzene rings is 2. The largest absolute Gasteiger partial charge is 0.495 e. The summed E-state index contributed by atoms with van der Waals surface area (Å²) in [5, 5.41) is 15.0. The van der Waals surface area contributed by atoms with Crippen molar-refractivity contribution in [1.82, 2.24) is 0 Å². The molecule has 1 aliphatic carbocycles. The van der Waals surface area contributed by atoms with Crippen LogP contribution in [0.2, 0.25) is 0 Å². The lowest BCUT2D eigenvalue weighted by Gasteiger charge is -2.19. The number of nitrogens with one attached hydrogen (secondary N) is 2. The quantitative estimate of drug-likeness (QED) is 0.841. The van der Waals surface area contributed by atoms with Crippen molar-refractivity contribution < 1.29 is 14.3 Å². The Morgan fingerprint density at radius 1 is 1.04 bits per heavy atom. The first-order valence-corrected chi connectivity index (χ1v) is 8.85. The minimum Gasteiger partial charge on any atom is -0.495 e. The monoisotopic (exact) mass is 363 g/mol. The molecular formula is C21H21N3O3. The van der Waals surface area contributed by atoms with Crippen LogP contribution in [0.4, 0.5) is 11.4 Å². The van der Waals surface area contributed by atoms with Crippen molar-refractivity contribution in [2.75, 3.05) is 17.7 Å². The number of hydrogen-bond acceptors (Lipinski definition) is 4. The number of rotatable bonds is 5. The number of hydrogen-bond donors (Lipinski definition) is 2. The zero-order valence-electron chi connectivity index (χ0n) is 15.1. The fraction of sp³-hybridized carbons (Fsp3) is 0.286. The van der Waals surface area contributed by atoms with Crippen LogP contribution in [0.3, 0.4) is 0 Å². The van der Waals surface area contributed by atoms with Crippen LogP contribution in [0.25, 0.3) is 0 Å². The Morgan fingerprint density at radius 3 is 2.33 bits per heavy atom. The fourth-order valence-electron chi connectivity index (χ4n) is 3.27. The lowest BCUT2D eigenvalue weighted by Crippen LogP contribution is -2.32. The number of nitriles is 1. The Bertz CT molecular complexity index is 878. The lowest BCUT2D eigenvalue weighted by atomic mass is 9.87. The zero-order valence-corrected chi connectivity index (χ0v) is 15.1. The molecule has 3 rings (SSSR count). The summed E-state index contributed by atoms with van der Waals surface area (Å²) in [5.41, 5.74) is 0.671. The van der Waals surface area contributed by atoms with Crippen LogP contribution < -0.4 is 15.4 Å². The fourth-order valence-corrected chi connectivity index (χ4v) is 3.27. The molecule has 0 atom stereocenters. The van der Waals surface area contributed by atoms with E-state index in [1.807, 2.05) is 12.1 Å². The molecule has 0 saturated heterocycles. The van der Waals surface area contributed by atoms with E-state index in [0.29, 0.717) is 35.5 Å². The first-order valence-electron chi connectivity index (χ1n) is 8.85. The van der Waals surface area contributed by atoms with E-state index in [1.165, 1.54) is 0 Å². The average Bonchev–Trinajstić information content (AvgIpc) is 3.19. The number of ether oxygens (including phenoxy) is 1.